The van der Waals surface area contributed by atoms with Gasteiger partial charge >= 0.3 is 0 Å². The molecule has 0 heterocycles. The van der Waals surface area contributed by atoms with Crippen molar-refractivity contribution in [1.29, 1.82) is 0 Å². The topological polar surface area (TPSA) is 29.1 Å². The molecule has 1 N–H and O–H groups in total. The van der Waals surface area contributed by atoms with E-state index in [1.165, 1.54) is 12.8 Å². The van der Waals surface area contributed by atoms with Crippen molar-refractivity contribution < 1.29 is 4.79 Å². The van der Waals surface area contributed by atoms with Gasteiger partial charge in [-0.25, -0.2) is 0 Å². The number of hydrogen-bond acceptors (Lipinski definition) is 1. The van der Waals surface area contributed by atoms with E-state index in [9.17, 15) is 4.79 Å². The third-order valence-corrected chi connectivity index (χ3v) is 4.02. The molecule has 1 amide bonds. The minimum atomic E-state index is -0.604. The predicted molar refractivity (Wildman–Crippen MR) is 73.1 cm³/mol. The molecule has 1 aliphatic carbocycles. The molecule has 2 nitrogen and oxygen atoms in total. The summed E-state index contributed by atoms with van der Waals surface area (Å²) in [5.74, 6) is -0.0864. The molecule has 0 aliphatic heterocycles. The van der Waals surface area contributed by atoms with E-state index in [0.717, 1.165) is 22.9 Å². The van der Waals surface area contributed by atoms with E-state index < -0.39 is 5.38 Å². The standard InChI is InChI=1S/C13H15BrClNO/c14-10-5-3-4-9(8-10)12(15)13(17)16-11-6-1-2-7-11/h3-5,8,11-12H,1-2,6-7H2,(H,16,17). The Bertz CT molecular complexity index is 404. The van der Waals surface area contributed by atoms with Gasteiger partial charge in [-0.3, -0.25) is 4.79 Å². The van der Waals surface area contributed by atoms with Gasteiger partial charge in [-0.2, -0.15) is 0 Å². The Kier molecular flexibility index (Phi) is 4.46. The van der Waals surface area contributed by atoms with Crippen LogP contribution in [0.3, 0.4) is 0 Å². The fourth-order valence-electron chi connectivity index (χ4n) is 2.16. The maximum Gasteiger partial charge on any atom is 0.242 e. The molecule has 1 unspecified atom stereocenters. The Morgan fingerprint density at radius 2 is 2.12 bits per heavy atom. The van der Waals surface area contributed by atoms with Crippen LogP contribution in [-0.2, 0) is 4.79 Å². The highest BCUT2D eigenvalue weighted by Gasteiger charge is 2.22. The molecule has 0 spiro atoms. The lowest BCUT2D eigenvalue weighted by molar-refractivity contribution is -0.121. The summed E-state index contributed by atoms with van der Waals surface area (Å²) in [6.45, 7) is 0. The molecular formula is C13H15BrClNO. The van der Waals surface area contributed by atoms with Crippen molar-refractivity contribution in [3.8, 4) is 0 Å². The average Bonchev–Trinajstić information content (AvgIpc) is 2.80. The molecule has 4 heteroatoms. The van der Waals surface area contributed by atoms with Crippen LogP contribution in [0.1, 0.15) is 36.6 Å². The van der Waals surface area contributed by atoms with E-state index in [2.05, 4.69) is 21.2 Å². The molecule has 1 atom stereocenters. The van der Waals surface area contributed by atoms with E-state index in [4.69, 9.17) is 11.6 Å². The number of hydrogen-bond donors (Lipinski definition) is 1. The first-order valence-electron chi connectivity index (χ1n) is 5.87. The van der Waals surface area contributed by atoms with Gasteiger partial charge in [-0.1, -0.05) is 40.9 Å². The van der Waals surface area contributed by atoms with Gasteiger partial charge in [-0.05, 0) is 30.5 Å². The minimum absolute atomic E-state index is 0.0864. The number of rotatable bonds is 3. The molecule has 0 aromatic heterocycles. The summed E-state index contributed by atoms with van der Waals surface area (Å²) in [5.41, 5.74) is 0.830. The molecule has 1 aromatic rings. The van der Waals surface area contributed by atoms with E-state index in [-0.39, 0.29) is 5.91 Å². The first-order chi connectivity index (χ1) is 8.16. The van der Waals surface area contributed by atoms with Gasteiger partial charge in [0, 0.05) is 10.5 Å². The molecule has 1 aromatic carbocycles. The summed E-state index contributed by atoms with van der Waals surface area (Å²) in [4.78, 5) is 12.0. The summed E-state index contributed by atoms with van der Waals surface area (Å²) >= 11 is 9.55. The van der Waals surface area contributed by atoms with E-state index in [0.29, 0.717) is 6.04 Å². The second-order valence-electron chi connectivity index (χ2n) is 4.41. The summed E-state index contributed by atoms with van der Waals surface area (Å²) in [6.07, 6.45) is 4.56. The summed E-state index contributed by atoms with van der Waals surface area (Å²) < 4.78 is 0.939. The number of carbonyl (C=O) groups excluding carboxylic acids is 1. The quantitative estimate of drug-likeness (QED) is 0.845. The average molecular weight is 317 g/mol. The van der Waals surface area contributed by atoms with Crippen molar-refractivity contribution in [3.05, 3.63) is 34.3 Å². The first-order valence-corrected chi connectivity index (χ1v) is 7.09. The zero-order chi connectivity index (χ0) is 12.3. The number of benzene rings is 1. The normalized spacial score (nSPS) is 18.0. The number of carbonyl (C=O) groups is 1. The van der Waals surface area contributed by atoms with Gasteiger partial charge in [0.1, 0.15) is 5.38 Å². The molecule has 92 valence electrons. The van der Waals surface area contributed by atoms with Crippen LogP contribution in [0.4, 0.5) is 0 Å². The van der Waals surface area contributed by atoms with Crippen molar-refractivity contribution >= 4 is 33.4 Å². The summed E-state index contributed by atoms with van der Waals surface area (Å²) in [6, 6.07) is 7.87. The van der Waals surface area contributed by atoms with Gasteiger partial charge in [0.2, 0.25) is 5.91 Å². The lowest BCUT2D eigenvalue weighted by atomic mass is 10.1. The van der Waals surface area contributed by atoms with Crippen molar-refractivity contribution in [2.45, 2.75) is 37.1 Å². The third kappa shape index (κ3) is 3.46. The Labute approximate surface area is 115 Å². The Morgan fingerprint density at radius 1 is 1.41 bits per heavy atom. The Hall–Kier alpha value is -0.540. The zero-order valence-electron chi connectivity index (χ0n) is 9.46. The number of nitrogens with one attached hydrogen (secondary N) is 1. The molecule has 0 bridgehead atoms. The number of alkyl halides is 1. The molecule has 0 saturated heterocycles. The minimum Gasteiger partial charge on any atom is -0.352 e. The molecule has 1 fully saturated rings. The first kappa shape index (κ1) is 12.9. The molecule has 2 rings (SSSR count). The molecular weight excluding hydrogens is 302 g/mol. The van der Waals surface area contributed by atoms with Crippen LogP contribution in [0.25, 0.3) is 0 Å². The number of amides is 1. The predicted octanol–water partition coefficient (Wildman–Crippen LogP) is 3.79. The van der Waals surface area contributed by atoms with Gasteiger partial charge < -0.3 is 5.32 Å². The fraction of sp³-hybridized carbons (Fsp3) is 0.462. The van der Waals surface area contributed by atoms with Gasteiger partial charge in [0.25, 0.3) is 0 Å². The summed E-state index contributed by atoms with van der Waals surface area (Å²) in [5, 5.41) is 2.41. The van der Waals surface area contributed by atoms with Crippen LogP contribution >= 0.6 is 27.5 Å². The van der Waals surface area contributed by atoms with Crippen molar-refractivity contribution in [2.75, 3.05) is 0 Å². The largest absolute Gasteiger partial charge is 0.352 e. The van der Waals surface area contributed by atoms with E-state index in [1.807, 2.05) is 24.3 Å². The van der Waals surface area contributed by atoms with Crippen LogP contribution in [0.15, 0.2) is 28.7 Å². The maximum atomic E-state index is 12.0. The van der Waals surface area contributed by atoms with Crippen molar-refractivity contribution in [2.24, 2.45) is 0 Å². The summed E-state index contributed by atoms with van der Waals surface area (Å²) in [7, 11) is 0. The van der Waals surface area contributed by atoms with E-state index in [1.54, 1.807) is 0 Å². The van der Waals surface area contributed by atoms with Crippen molar-refractivity contribution in [1.82, 2.24) is 5.32 Å². The van der Waals surface area contributed by atoms with Crippen LogP contribution in [0.2, 0.25) is 0 Å². The third-order valence-electron chi connectivity index (χ3n) is 3.07. The van der Waals surface area contributed by atoms with Gasteiger partial charge in [0.15, 0.2) is 0 Å². The van der Waals surface area contributed by atoms with Crippen molar-refractivity contribution in [3.63, 3.8) is 0 Å². The van der Waals surface area contributed by atoms with Crippen LogP contribution in [-0.4, -0.2) is 11.9 Å². The second kappa shape index (κ2) is 5.87. The van der Waals surface area contributed by atoms with Crippen LogP contribution in [0.5, 0.6) is 0 Å². The molecule has 17 heavy (non-hydrogen) atoms. The highest BCUT2D eigenvalue weighted by Crippen LogP contribution is 2.25. The van der Waals surface area contributed by atoms with E-state index >= 15 is 0 Å². The fourth-order valence-corrected chi connectivity index (χ4v) is 2.78. The van der Waals surface area contributed by atoms with Crippen LogP contribution < -0.4 is 5.32 Å². The maximum absolute atomic E-state index is 12.0. The highest BCUT2D eigenvalue weighted by molar-refractivity contribution is 9.10. The lowest BCUT2D eigenvalue weighted by Gasteiger charge is -2.15. The lowest BCUT2D eigenvalue weighted by Crippen LogP contribution is -2.34. The number of halogens is 2. The van der Waals surface area contributed by atoms with Gasteiger partial charge in [0.05, 0.1) is 0 Å². The Morgan fingerprint density at radius 3 is 2.76 bits per heavy atom. The molecule has 0 radical (unpaired) electrons. The smallest absolute Gasteiger partial charge is 0.242 e. The monoisotopic (exact) mass is 315 g/mol. The van der Waals surface area contributed by atoms with Crippen LogP contribution in [0, 0.1) is 0 Å². The second-order valence-corrected chi connectivity index (χ2v) is 5.76. The highest BCUT2D eigenvalue weighted by atomic mass is 79.9. The SMILES string of the molecule is O=C(NC1CCCC1)C(Cl)c1cccc(Br)c1. The molecule has 1 saturated carbocycles. The Balaban J connectivity index is 1.98. The zero-order valence-corrected chi connectivity index (χ0v) is 11.8. The van der Waals surface area contributed by atoms with Gasteiger partial charge in [-0.15, -0.1) is 11.6 Å². The molecule has 1 aliphatic rings.